The van der Waals surface area contributed by atoms with Crippen LogP contribution in [0, 0.1) is 17.3 Å². The smallest absolute Gasteiger partial charge is 0.309 e. The SMILES string of the molecule is CCOC(=O)C1CC(NCc2ccc3cc(O[C@H]4CC[C@H](C(C)(C)C)CC4)ccc3c2)C1. The molecule has 0 heterocycles. The summed E-state index contributed by atoms with van der Waals surface area (Å²) >= 11 is 0. The summed E-state index contributed by atoms with van der Waals surface area (Å²) in [7, 11) is 0. The van der Waals surface area contributed by atoms with E-state index in [0.717, 1.165) is 43.9 Å². The molecule has 0 radical (unpaired) electrons. The van der Waals surface area contributed by atoms with E-state index >= 15 is 0 Å². The first-order chi connectivity index (χ1) is 15.3. The number of carbonyl (C=O) groups excluding carboxylic acids is 1. The molecule has 0 aliphatic heterocycles. The van der Waals surface area contributed by atoms with Crippen molar-refractivity contribution in [3.63, 3.8) is 0 Å². The lowest BCUT2D eigenvalue weighted by Gasteiger charge is -2.37. The lowest BCUT2D eigenvalue weighted by molar-refractivity contribution is -0.151. The molecule has 174 valence electrons. The molecule has 4 rings (SSSR count). The first-order valence-electron chi connectivity index (χ1n) is 12.4. The van der Waals surface area contributed by atoms with Crippen LogP contribution in [0.5, 0.6) is 5.75 Å². The van der Waals surface area contributed by atoms with Gasteiger partial charge in [-0.2, -0.15) is 0 Å². The predicted octanol–water partition coefficient (Wildman–Crippen LogP) is 6.25. The number of fused-ring (bicyclic) bond motifs is 1. The lowest BCUT2D eigenvalue weighted by Crippen LogP contribution is -2.44. The zero-order chi connectivity index (χ0) is 22.7. The highest BCUT2D eigenvalue weighted by atomic mass is 16.5. The summed E-state index contributed by atoms with van der Waals surface area (Å²) < 4.78 is 11.5. The summed E-state index contributed by atoms with van der Waals surface area (Å²) in [5.74, 6) is 1.83. The second-order valence-electron chi connectivity index (χ2n) is 10.8. The molecule has 0 spiro atoms. The van der Waals surface area contributed by atoms with Gasteiger partial charge in [-0.25, -0.2) is 0 Å². The van der Waals surface area contributed by atoms with E-state index in [1.807, 2.05) is 6.92 Å². The predicted molar refractivity (Wildman–Crippen MR) is 130 cm³/mol. The molecule has 2 saturated carbocycles. The van der Waals surface area contributed by atoms with Crippen LogP contribution in [-0.2, 0) is 16.1 Å². The van der Waals surface area contributed by atoms with Crippen LogP contribution in [0.4, 0.5) is 0 Å². The molecule has 1 N–H and O–H groups in total. The minimum absolute atomic E-state index is 0.0449. The van der Waals surface area contributed by atoms with Gasteiger partial charge in [0.2, 0.25) is 0 Å². The van der Waals surface area contributed by atoms with Crippen molar-refractivity contribution in [2.75, 3.05) is 6.61 Å². The van der Waals surface area contributed by atoms with Gasteiger partial charge >= 0.3 is 5.97 Å². The van der Waals surface area contributed by atoms with Crippen molar-refractivity contribution < 1.29 is 14.3 Å². The van der Waals surface area contributed by atoms with Crippen LogP contribution in [0.25, 0.3) is 10.8 Å². The van der Waals surface area contributed by atoms with Crippen molar-refractivity contribution in [3.05, 3.63) is 42.0 Å². The molecular weight excluding hydrogens is 398 g/mol. The number of ether oxygens (including phenoxy) is 2. The summed E-state index contributed by atoms with van der Waals surface area (Å²) in [6.07, 6.45) is 6.94. The van der Waals surface area contributed by atoms with E-state index < -0.39 is 0 Å². The Morgan fingerprint density at radius 2 is 1.69 bits per heavy atom. The standard InChI is InChI=1S/C28H39NO3/c1-5-31-27(30)22-15-24(16-22)29-18-19-6-7-21-17-26(11-8-20(21)14-19)32-25-12-9-23(10-13-25)28(2,3)4/h6-8,11,14,17,22-25,29H,5,9-10,12-13,15-16,18H2,1-4H3/t22?,23-,24?,25-. The molecule has 0 amide bonds. The number of carbonyl (C=O) groups is 1. The monoisotopic (exact) mass is 437 g/mol. The molecule has 2 aromatic carbocycles. The van der Waals surface area contributed by atoms with Crippen molar-refractivity contribution in [1.29, 1.82) is 0 Å². The highest BCUT2D eigenvalue weighted by Crippen LogP contribution is 2.39. The Morgan fingerprint density at radius 1 is 1.00 bits per heavy atom. The maximum Gasteiger partial charge on any atom is 0.309 e. The molecule has 2 fully saturated rings. The van der Waals surface area contributed by atoms with Crippen LogP contribution in [-0.4, -0.2) is 24.7 Å². The van der Waals surface area contributed by atoms with Crippen molar-refractivity contribution >= 4 is 16.7 Å². The van der Waals surface area contributed by atoms with Crippen LogP contribution in [0.2, 0.25) is 0 Å². The van der Waals surface area contributed by atoms with Gasteiger partial charge < -0.3 is 14.8 Å². The minimum atomic E-state index is -0.0449. The minimum Gasteiger partial charge on any atom is -0.490 e. The average molecular weight is 438 g/mol. The lowest BCUT2D eigenvalue weighted by atomic mass is 9.72. The van der Waals surface area contributed by atoms with Crippen molar-refractivity contribution in [3.8, 4) is 5.75 Å². The van der Waals surface area contributed by atoms with Gasteiger partial charge in [0.25, 0.3) is 0 Å². The maximum atomic E-state index is 11.7. The van der Waals surface area contributed by atoms with E-state index in [-0.39, 0.29) is 11.9 Å². The normalized spacial score (nSPS) is 25.9. The van der Waals surface area contributed by atoms with E-state index in [1.54, 1.807) is 0 Å². The largest absolute Gasteiger partial charge is 0.490 e. The number of benzene rings is 2. The van der Waals surface area contributed by atoms with Gasteiger partial charge in [-0.1, -0.05) is 39.0 Å². The third-order valence-corrected chi connectivity index (χ3v) is 7.43. The zero-order valence-corrected chi connectivity index (χ0v) is 20.2. The third kappa shape index (κ3) is 5.64. The number of rotatable bonds is 7. The fourth-order valence-corrected chi connectivity index (χ4v) is 5.19. The van der Waals surface area contributed by atoms with Crippen LogP contribution < -0.4 is 10.1 Å². The second-order valence-corrected chi connectivity index (χ2v) is 10.8. The number of esters is 1. The summed E-state index contributed by atoms with van der Waals surface area (Å²) in [5, 5.41) is 6.04. The number of nitrogens with one attached hydrogen (secondary N) is 1. The van der Waals surface area contributed by atoms with Gasteiger partial charge in [0, 0.05) is 12.6 Å². The molecule has 4 nitrogen and oxygen atoms in total. The summed E-state index contributed by atoms with van der Waals surface area (Å²) in [6, 6.07) is 13.5. The summed E-state index contributed by atoms with van der Waals surface area (Å²) in [5.41, 5.74) is 1.67. The Labute approximate surface area is 193 Å². The molecule has 2 aromatic rings. The van der Waals surface area contributed by atoms with E-state index in [9.17, 15) is 4.79 Å². The van der Waals surface area contributed by atoms with Crippen LogP contribution in [0.1, 0.15) is 71.8 Å². The molecule has 32 heavy (non-hydrogen) atoms. The van der Waals surface area contributed by atoms with Gasteiger partial charge in [0.1, 0.15) is 5.75 Å². The highest BCUT2D eigenvalue weighted by molar-refractivity contribution is 5.84. The first kappa shape index (κ1) is 23.1. The van der Waals surface area contributed by atoms with Crippen molar-refractivity contribution in [2.24, 2.45) is 17.3 Å². The quantitative estimate of drug-likeness (QED) is 0.520. The fourth-order valence-electron chi connectivity index (χ4n) is 5.19. The number of hydrogen-bond acceptors (Lipinski definition) is 4. The van der Waals surface area contributed by atoms with Crippen molar-refractivity contribution in [2.45, 2.75) is 84.9 Å². The Bertz CT molecular complexity index is 918. The van der Waals surface area contributed by atoms with Crippen LogP contribution in [0.3, 0.4) is 0 Å². The first-order valence-corrected chi connectivity index (χ1v) is 12.4. The topological polar surface area (TPSA) is 47.6 Å². The summed E-state index contributed by atoms with van der Waals surface area (Å²) in [6.45, 7) is 10.2. The molecule has 2 aliphatic rings. The molecule has 0 bridgehead atoms. The molecule has 4 heteroatoms. The van der Waals surface area contributed by atoms with Crippen LogP contribution >= 0.6 is 0 Å². The van der Waals surface area contributed by atoms with Gasteiger partial charge in [-0.15, -0.1) is 0 Å². The highest BCUT2D eigenvalue weighted by Gasteiger charge is 2.35. The van der Waals surface area contributed by atoms with Gasteiger partial charge in [-0.3, -0.25) is 4.79 Å². The molecule has 0 atom stereocenters. The maximum absolute atomic E-state index is 11.7. The van der Waals surface area contributed by atoms with E-state index in [1.165, 1.54) is 29.2 Å². The van der Waals surface area contributed by atoms with Gasteiger partial charge in [0.05, 0.1) is 18.6 Å². The Morgan fingerprint density at radius 3 is 2.38 bits per heavy atom. The van der Waals surface area contributed by atoms with E-state index in [0.29, 0.717) is 24.2 Å². The molecule has 0 saturated heterocycles. The van der Waals surface area contributed by atoms with Gasteiger partial charge in [-0.05, 0) is 91.3 Å². The zero-order valence-electron chi connectivity index (χ0n) is 20.2. The fraction of sp³-hybridized carbons (Fsp3) is 0.607. The van der Waals surface area contributed by atoms with Crippen LogP contribution in [0.15, 0.2) is 36.4 Å². The van der Waals surface area contributed by atoms with E-state index in [2.05, 4.69) is 62.5 Å². The Balaban J connectivity index is 1.27. The molecular formula is C28H39NO3. The van der Waals surface area contributed by atoms with Crippen molar-refractivity contribution in [1.82, 2.24) is 5.32 Å². The molecule has 0 aromatic heterocycles. The van der Waals surface area contributed by atoms with Gasteiger partial charge in [0.15, 0.2) is 0 Å². The third-order valence-electron chi connectivity index (χ3n) is 7.43. The summed E-state index contributed by atoms with van der Waals surface area (Å²) in [4.78, 5) is 11.7. The second kappa shape index (κ2) is 9.82. The van der Waals surface area contributed by atoms with E-state index in [4.69, 9.17) is 9.47 Å². The number of hydrogen-bond donors (Lipinski definition) is 1. The molecule has 2 aliphatic carbocycles. The Kier molecular flexibility index (Phi) is 7.09. The molecule has 0 unspecified atom stereocenters. The average Bonchev–Trinajstić information content (AvgIpc) is 2.72. The Hall–Kier alpha value is -2.07.